The minimum Gasteiger partial charge on any atom is -0.337 e. The molecule has 0 aliphatic rings. The first kappa shape index (κ1) is 10.8. The fraction of sp³-hybridized carbons (Fsp3) is 0.143. The van der Waals surface area contributed by atoms with E-state index in [1.807, 2.05) is 24.3 Å². The number of pyridine rings is 1. The summed E-state index contributed by atoms with van der Waals surface area (Å²) in [6.45, 7) is 2.14. The van der Waals surface area contributed by atoms with Crippen LogP contribution >= 0.6 is 0 Å². The number of benzene rings is 1. The molecule has 0 bridgehead atoms. The molecule has 0 fully saturated rings. The summed E-state index contributed by atoms with van der Waals surface area (Å²) in [5.41, 5.74) is 4.13. The molecule has 0 saturated heterocycles. The van der Waals surface area contributed by atoms with Crippen LogP contribution in [0.2, 0.25) is 0 Å². The van der Waals surface area contributed by atoms with Crippen molar-refractivity contribution in [3.05, 3.63) is 48.2 Å². The predicted molar refractivity (Wildman–Crippen MR) is 73.0 cm³/mol. The second kappa shape index (κ2) is 4.49. The van der Waals surface area contributed by atoms with Crippen molar-refractivity contribution < 1.29 is 0 Å². The number of hydrogen-bond acceptors (Lipinski definition) is 3. The SMILES string of the molecule is CCc1cccc(Nc2n[nH]c3cccnc23)c1. The maximum Gasteiger partial charge on any atom is 0.178 e. The first-order valence-electron chi connectivity index (χ1n) is 6.02. The van der Waals surface area contributed by atoms with Gasteiger partial charge in [-0.3, -0.25) is 10.1 Å². The van der Waals surface area contributed by atoms with Crippen LogP contribution in [0, 0.1) is 0 Å². The van der Waals surface area contributed by atoms with Gasteiger partial charge in [-0.25, -0.2) is 0 Å². The number of nitrogens with zero attached hydrogens (tertiary/aromatic N) is 2. The highest BCUT2D eigenvalue weighted by molar-refractivity contribution is 5.87. The Kier molecular flexibility index (Phi) is 2.68. The third kappa shape index (κ3) is 1.93. The number of rotatable bonds is 3. The summed E-state index contributed by atoms with van der Waals surface area (Å²) in [5.74, 6) is 0.763. The molecule has 90 valence electrons. The summed E-state index contributed by atoms with van der Waals surface area (Å²) in [6, 6.07) is 12.2. The number of hydrogen-bond donors (Lipinski definition) is 2. The van der Waals surface area contributed by atoms with Gasteiger partial charge >= 0.3 is 0 Å². The number of nitrogens with one attached hydrogen (secondary N) is 2. The second-order valence-corrected chi connectivity index (χ2v) is 4.15. The lowest BCUT2D eigenvalue weighted by molar-refractivity contribution is 1.12. The molecule has 0 spiro atoms. The van der Waals surface area contributed by atoms with Gasteiger partial charge in [-0.1, -0.05) is 19.1 Å². The standard InChI is InChI=1S/C14H14N4/c1-2-10-5-3-6-11(9-10)16-14-13-12(17-18-14)7-4-8-15-13/h3-9H,2H2,1H3,(H2,16,17,18). The Morgan fingerprint density at radius 1 is 1.22 bits per heavy atom. The summed E-state index contributed by atoms with van der Waals surface area (Å²) in [4.78, 5) is 4.32. The lowest BCUT2D eigenvalue weighted by Crippen LogP contribution is -1.93. The van der Waals surface area contributed by atoms with Crippen LogP contribution in [-0.4, -0.2) is 15.2 Å². The topological polar surface area (TPSA) is 53.6 Å². The fourth-order valence-corrected chi connectivity index (χ4v) is 1.95. The van der Waals surface area contributed by atoms with Gasteiger partial charge in [-0.05, 0) is 36.2 Å². The summed E-state index contributed by atoms with van der Waals surface area (Å²) in [5, 5.41) is 10.5. The number of anilines is 2. The molecular formula is C14H14N4. The maximum atomic E-state index is 4.32. The molecule has 4 nitrogen and oxygen atoms in total. The van der Waals surface area contributed by atoms with Gasteiger partial charge in [0.05, 0.1) is 5.52 Å². The monoisotopic (exact) mass is 238 g/mol. The van der Waals surface area contributed by atoms with Gasteiger partial charge in [0.1, 0.15) is 5.52 Å². The minimum absolute atomic E-state index is 0.763. The van der Waals surface area contributed by atoms with E-state index in [0.29, 0.717) is 0 Å². The van der Waals surface area contributed by atoms with Crippen molar-refractivity contribution in [2.75, 3.05) is 5.32 Å². The van der Waals surface area contributed by atoms with Crippen molar-refractivity contribution in [1.82, 2.24) is 15.2 Å². The quantitative estimate of drug-likeness (QED) is 0.736. The van der Waals surface area contributed by atoms with E-state index in [-0.39, 0.29) is 0 Å². The summed E-state index contributed by atoms with van der Waals surface area (Å²) in [7, 11) is 0. The number of aromatic amines is 1. The van der Waals surface area contributed by atoms with Crippen LogP contribution in [0.1, 0.15) is 12.5 Å². The molecule has 0 saturated carbocycles. The van der Waals surface area contributed by atoms with Gasteiger partial charge in [0, 0.05) is 11.9 Å². The van der Waals surface area contributed by atoms with Gasteiger partial charge < -0.3 is 5.32 Å². The molecule has 0 aliphatic carbocycles. The van der Waals surface area contributed by atoms with E-state index in [0.717, 1.165) is 29.0 Å². The highest BCUT2D eigenvalue weighted by Crippen LogP contribution is 2.22. The summed E-state index contributed by atoms with van der Waals surface area (Å²) < 4.78 is 0. The number of aryl methyl sites for hydroxylation is 1. The van der Waals surface area contributed by atoms with Crippen LogP contribution in [0.4, 0.5) is 11.5 Å². The van der Waals surface area contributed by atoms with E-state index < -0.39 is 0 Å². The molecule has 3 aromatic rings. The van der Waals surface area contributed by atoms with Crippen LogP contribution in [0.5, 0.6) is 0 Å². The Morgan fingerprint density at radius 2 is 2.17 bits per heavy atom. The smallest absolute Gasteiger partial charge is 0.178 e. The van der Waals surface area contributed by atoms with Gasteiger partial charge in [0.15, 0.2) is 5.82 Å². The number of fused-ring (bicyclic) bond motifs is 1. The van der Waals surface area contributed by atoms with Crippen molar-refractivity contribution in [3.8, 4) is 0 Å². The molecule has 4 heteroatoms. The largest absolute Gasteiger partial charge is 0.337 e. The first-order chi connectivity index (χ1) is 8.86. The van der Waals surface area contributed by atoms with E-state index in [1.165, 1.54) is 5.56 Å². The van der Waals surface area contributed by atoms with E-state index in [1.54, 1.807) is 6.20 Å². The number of aromatic nitrogens is 3. The first-order valence-corrected chi connectivity index (χ1v) is 6.02. The zero-order valence-electron chi connectivity index (χ0n) is 10.1. The lowest BCUT2D eigenvalue weighted by Gasteiger charge is -2.04. The molecular weight excluding hydrogens is 224 g/mol. The van der Waals surface area contributed by atoms with E-state index in [9.17, 15) is 0 Å². The Hall–Kier alpha value is -2.36. The summed E-state index contributed by atoms with van der Waals surface area (Å²) >= 11 is 0. The van der Waals surface area contributed by atoms with Gasteiger partial charge in [0.2, 0.25) is 0 Å². The van der Waals surface area contributed by atoms with Crippen LogP contribution in [0.3, 0.4) is 0 Å². The molecule has 1 aromatic carbocycles. The third-order valence-corrected chi connectivity index (χ3v) is 2.92. The highest BCUT2D eigenvalue weighted by atomic mass is 15.2. The minimum atomic E-state index is 0.763. The zero-order chi connectivity index (χ0) is 12.4. The van der Waals surface area contributed by atoms with Crippen LogP contribution in [0.25, 0.3) is 11.0 Å². The van der Waals surface area contributed by atoms with Crippen molar-refractivity contribution in [3.63, 3.8) is 0 Å². The molecule has 0 radical (unpaired) electrons. The average molecular weight is 238 g/mol. The van der Waals surface area contributed by atoms with Crippen molar-refractivity contribution in [1.29, 1.82) is 0 Å². The van der Waals surface area contributed by atoms with Crippen molar-refractivity contribution in [2.45, 2.75) is 13.3 Å². The normalized spacial score (nSPS) is 10.7. The summed E-state index contributed by atoms with van der Waals surface area (Å²) in [6.07, 6.45) is 2.79. The van der Waals surface area contributed by atoms with E-state index in [2.05, 4.69) is 39.6 Å². The molecule has 2 N–H and O–H groups in total. The highest BCUT2D eigenvalue weighted by Gasteiger charge is 2.06. The van der Waals surface area contributed by atoms with Gasteiger partial charge in [-0.2, -0.15) is 5.10 Å². The molecule has 2 aromatic heterocycles. The molecule has 0 amide bonds. The third-order valence-electron chi connectivity index (χ3n) is 2.92. The fourth-order valence-electron chi connectivity index (χ4n) is 1.95. The Morgan fingerprint density at radius 3 is 3.06 bits per heavy atom. The lowest BCUT2D eigenvalue weighted by atomic mass is 10.1. The Labute approximate surface area is 105 Å². The Balaban J connectivity index is 1.96. The molecule has 0 unspecified atom stereocenters. The maximum absolute atomic E-state index is 4.32. The van der Waals surface area contributed by atoms with Gasteiger partial charge in [-0.15, -0.1) is 0 Å². The van der Waals surface area contributed by atoms with Crippen molar-refractivity contribution >= 4 is 22.5 Å². The molecule has 2 heterocycles. The zero-order valence-corrected chi connectivity index (χ0v) is 10.1. The van der Waals surface area contributed by atoms with Crippen LogP contribution < -0.4 is 5.32 Å². The van der Waals surface area contributed by atoms with Crippen LogP contribution in [-0.2, 0) is 6.42 Å². The van der Waals surface area contributed by atoms with E-state index >= 15 is 0 Å². The van der Waals surface area contributed by atoms with Gasteiger partial charge in [0.25, 0.3) is 0 Å². The molecule has 0 aliphatic heterocycles. The number of H-pyrrole nitrogens is 1. The predicted octanol–water partition coefficient (Wildman–Crippen LogP) is 3.26. The molecule has 3 rings (SSSR count). The molecule has 0 atom stereocenters. The van der Waals surface area contributed by atoms with E-state index in [4.69, 9.17) is 0 Å². The average Bonchev–Trinajstić information content (AvgIpc) is 2.83. The Bertz CT molecular complexity index is 672. The van der Waals surface area contributed by atoms with Crippen molar-refractivity contribution in [2.24, 2.45) is 0 Å². The molecule has 18 heavy (non-hydrogen) atoms. The van der Waals surface area contributed by atoms with Crippen LogP contribution in [0.15, 0.2) is 42.6 Å². The second-order valence-electron chi connectivity index (χ2n) is 4.15.